The van der Waals surface area contributed by atoms with E-state index in [-0.39, 0.29) is 24.5 Å². The third-order valence-corrected chi connectivity index (χ3v) is 6.88. The van der Waals surface area contributed by atoms with E-state index < -0.39 is 58.9 Å². The van der Waals surface area contributed by atoms with Gasteiger partial charge in [0, 0.05) is 10.9 Å². The summed E-state index contributed by atoms with van der Waals surface area (Å²) in [5, 5.41) is 76.8. The van der Waals surface area contributed by atoms with E-state index in [0.717, 1.165) is 0 Å². The van der Waals surface area contributed by atoms with Crippen LogP contribution in [0.2, 0.25) is 0 Å². The molecule has 0 radical (unpaired) electrons. The van der Waals surface area contributed by atoms with Gasteiger partial charge in [0.2, 0.25) is 0 Å². The lowest BCUT2D eigenvalue weighted by Crippen LogP contribution is -2.51. The minimum Gasteiger partial charge on any atom is -0.391 e. The van der Waals surface area contributed by atoms with Crippen molar-refractivity contribution in [3.05, 3.63) is 0 Å². The van der Waals surface area contributed by atoms with E-state index in [1.165, 1.54) is 0 Å². The van der Waals surface area contributed by atoms with Crippen LogP contribution in [0, 0.1) is 0 Å². The summed E-state index contributed by atoms with van der Waals surface area (Å²) in [6.45, 7) is 1.24. The Morgan fingerprint density at radius 1 is 0.955 bits per heavy atom. The second kappa shape index (κ2) is 8.76. The monoisotopic (exact) mass is 343 g/mol. The first kappa shape index (κ1) is 20.1. The van der Waals surface area contributed by atoms with Crippen molar-refractivity contribution in [1.82, 2.24) is 0 Å². The molecule has 9 atom stereocenters. The highest BCUT2D eigenvalue weighted by Crippen LogP contribution is 2.25. The van der Waals surface area contributed by atoms with Gasteiger partial charge in [0.15, 0.2) is 5.25 Å². The second-order valence-electron chi connectivity index (χ2n) is 5.66. The molecule has 0 saturated carbocycles. The quantitative estimate of drug-likeness (QED) is 0.206. The van der Waals surface area contributed by atoms with Crippen molar-refractivity contribution in [2.24, 2.45) is 0 Å². The maximum atomic E-state index is 10.00. The van der Waals surface area contributed by atoms with E-state index in [9.17, 15) is 40.9 Å². The highest BCUT2D eigenvalue weighted by Gasteiger charge is 2.51. The molecule has 8 nitrogen and oxygen atoms in total. The van der Waals surface area contributed by atoms with Crippen LogP contribution in [0.1, 0.15) is 13.3 Å². The third-order valence-electron chi connectivity index (χ3n) is 4.06. The molecule has 0 aromatic rings. The predicted molar refractivity (Wildman–Crippen MR) is 80.3 cm³/mol. The first-order valence-electron chi connectivity index (χ1n) is 7.28. The molecule has 0 amide bonds. The zero-order valence-electron chi connectivity index (χ0n) is 12.4. The van der Waals surface area contributed by atoms with Gasteiger partial charge < -0.3 is 40.9 Å². The van der Waals surface area contributed by atoms with Crippen LogP contribution >= 0.6 is 0 Å². The summed E-state index contributed by atoms with van der Waals surface area (Å²) in [7, 11) is -0.733. The van der Waals surface area contributed by atoms with Crippen molar-refractivity contribution in [2.75, 3.05) is 18.1 Å². The largest absolute Gasteiger partial charge is 0.391 e. The molecule has 0 aromatic heterocycles. The van der Waals surface area contributed by atoms with E-state index in [2.05, 4.69) is 0 Å². The number of aliphatic hydroxyl groups is 8. The molecular formula is C13H27O8S+. The molecule has 1 unspecified atom stereocenters. The van der Waals surface area contributed by atoms with Crippen LogP contribution < -0.4 is 0 Å². The van der Waals surface area contributed by atoms with Crippen molar-refractivity contribution < 1.29 is 40.9 Å². The molecule has 22 heavy (non-hydrogen) atoms. The Morgan fingerprint density at radius 2 is 1.50 bits per heavy atom. The summed E-state index contributed by atoms with van der Waals surface area (Å²) >= 11 is 0. The average Bonchev–Trinajstić information content (AvgIpc) is 2.77. The van der Waals surface area contributed by atoms with Gasteiger partial charge in [-0.25, -0.2) is 0 Å². The maximum Gasteiger partial charge on any atom is 0.169 e. The minimum atomic E-state index is -1.72. The van der Waals surface area contributed by atoms with Crippen LogP contribution in [0.15, 0.2) is 0 Å². The smallest absolute Gasteiger partial charge is 0.169 e. The number of rotatable bonds is 8. The second-order valence-corrected chi connectivity index (χ2v) is 8.01. The van der Waals surface area contributed by atoms with E-state index in [4.69, 9.17) is 0 Å². The predicted octanol–water partition coefficient (Wildman–Crippen LogP) is -4.08. The normalized spacial score (nSPS) is 35.9. The Kier molecular flexibility index (Phi) is 8.00. The number of hydrogen-bond donors (Lipinski definition) is 8. The van der Waals surface area contributed by atoms with Crippen molar-refractivity contribution in [3.8, 4) is 0 Å². The Hall–Kier alpha value is 0.0300. The lowest BCUT2D eigenvalue weighted by Gasteiger charge is -2.28. The molecule has 1 aliphatic rings. The van der Waals surface area contributed by atoms with E-state index in [1.54, 1.807) is 6.92 Å². The Balaban J connectivity index is 2.62. The van der Waals surface area contributed by atoms with E-state index >= 15 is 0 Å². The first-order chi connectivity index (χ1) is 10.2. The summed E-state index contributed by atoms with van der Waals surface area (Å²) in [6, 6.07) is 0. The van der Waals surface area contributed by atoms with Crippen LogP contribution in [-0.4, -0.2) is 107 Å². The van der Waals surface area contributed by atoms with Gasteiger partial charge in [0.1, 0.15) is 48.1 Å². The van der Waals surface area contributed by atoms with Crippen LogP contribution in [-0.2, 0) is 10.9 Å². The lowest BCUT2D eigenvalue weighted by atomic mass is 9.99. The van der Waals surface area contributed by atoms with Gasteiger partial charge in [-0.15, -0.1) is 0 Å². The van der Waals surface area contributed by atoms with Gasteiger partial charge >= 0.3 is 0 Å². The Bertz CT molecular complexity index is 333. The van der Waals surface area contributed by atoms with Crippen molar-refractivity contribution in [3.63, 3.8) is 0 Å². The summed E-state index contributed by atoms with van der Waals surface area (Å²) in [5.41, 5.74) is 0. The topological polar surface area (TPSA) is 162 Å². The fourth-order valence-electron chi connectivity index (χ4n) is 2.51. The van der Waals surface area contributed by atoms with Crippen LogP contribution in [0.5, 0.6) is 0 Å². The van der Waals surface area contributed by atoms with E-state index in [1.807, 2.05) is 0 Å². The maximum absolute atomic E-state index is 10.00. The van der Waals surface area contributed by atoms with Gasteiger partial charge in [-0.2, -0.15) is 0 Å². The summed E-state index contributed by atoms with van der Waals surface area (Å²) < 4.78 is 0. The van der Waals surface area contributed by atoms with Gasteiger partial charge in [-0.1, -0.05) is 6.92 Å². The summed E-state index contributed by atoms with van der Waals surface area (Å²) in [5.74, 6) is 0.152. The molecule has 132 valence electrons. The highest BCUT2D eigenvalue weighted by molar-refractivity contribution is 7.97. The number of hydrogen-bond acceptors (Lipinski definition) is 8. The number of aliphatic hydroxyl groups excluding tert-OH is 8. The molecule has 0 bridgehead atoms. The molecule has 1 aliphatic heterocycles. The zero-order chi connectivity index (χ0) is 17.0. The Labute approximate surface area is 132 Å². The third kappa shape index (κ3) is 4.53. The Morgan fingerprint density at radius 3 is 2.00 bits per heavy atom. The highest BCUT2D eigenvalue weighted by atomic mass is 32.2. The van der Waals surface area contributed by atoms with E-state index in [0.29, 0.717) is 0 Å². The van der Waals surface area contributed by atoms with Crippen LogP contribution in [0.4, 0.5) is 0 Å². The average molecular weight is 343 g/mol. The standard InChI is InChI=1S/C13H27O8S/c1-2-6(15)11(19)13(21)12(20)8(17)5-22-4-7(16)10(18)9(22)3-14/h6-21H,2-5H2,1H3/q+1/t6-,7-,8-,9-,10+,11+,12-,13-,22?/m1/s1. The van der Waals surface area contributed by atoms with Crippen molar-refractivity contribution in [1.29, 1.82) is 0 Å². The zero-order valence-corrected chi connectivity index (χ0v) is 13.2. The fraction of sp³-hybridized carbons (Fsp3) is 1.00. The van der Waals surface area contributed by atoms with Crippen LogP contribution in [0.3, 0.4) is 0 Å². The molecular weight excluding hydrogens is 316 g/mol. The summed E-state index contributed by atoms with van der Waals surface area (Å²) in [6.07, 6.45) is -9.54. The first-order valence-corrected chi connectivity index (χ1v) is 8.90. The van der Waals surface area contributed by atoms with Gasteiger partial charge in [0.05, 0.1) is 12.7 Å². The van der Waals surface area contributed by atoms with Crippen molar-refractivity contribution in [2.45, 2.75) is 61.3 Å². The van der Waals surface area contributed by atoms with Gasteiger partial charge in [0.25, 0.3) is 0 Å². The SMILES string of the molecule is CC[C@@H](O)[C@H](O)[C@@H](O)[C@H](O)[C@H](O)C[S+]1C[C@@H](O)[C@H](O)[C@H]1CO. The van der Waals surface area contributed by atoms with Crippen LogP contribution in [0.25, 0.3) is 0 Å². The molecule has 9 heteroatoms. The summed E-state index contributed by atoms with van der Waals surface area (Å²) in [4.78, 5) is 0. The molecule has 0 aliphatic carbocycles. The van der Waals surface area contributed by atoms with Gasteiger partial charge in [-0.3, -0.25) is 0 Å². The molecule has 0 aromatic carbocycles. The van der Waals surface area contributed by atoms with Gasteiger partial charge in [-0.05, 0) is 6.42 Å². The molecule has 8 N–H and O–H groups in total. The molecule has 1 saturated heterocycles. The van der Waals surface area contributed by atoms with Crippen molar-refractivity contribution >= 4 is 10.9 Å². The molecule has 1 heterocycles. The lowest BCUT2D eigenvalue weighted by molar-refractivity contribution is -0.130. The molecule has 0 spiro atoms. The fourth-order valence-corrected chi connectivity index (χ4v) is 5.20. The minimum absolute atomic E-state index is 0.0352. The molecule has 1 fully saturated rings. The molecule has 1 rings (SSSR count).